The zero-order valence-corrected chi connectivity index (χ0v) is 41.2. The van der Waals surface area contributed by atoms with Gasteiger partial charge in [0.25, 0.3) is 5.91 Å². The number of aromatic nitrogens is 3. The van der Waals surface area contributed by atoms with E-state index in [0.29, 0.717) is 30.8 Å². The lowest BCUT2D eigenvalue weighted by Crippen LogP contribution is -2.60. The van der Waals surface area contributed by atoms with Gasteiger partial charge in [0.2, 0.25) is 6.10 Å². The summed E-state index contributed by atoms with van der Waals surface area (Å²) in [5.41, 5.74) is -0.715. The summed E-state index contributed by atoms with van der Waals surface area (Å²) in [7, 11) is 3.75. The minimum Gasteiger partial charge on any atom is -0.459 e. The summed E-state index contributed by atoms with van der Waals surface area (Å²) in [4.78, 5) is 61.6. The van der Waals surface area contributed by atoms with Crippen LogP contribution < -0.4 is 0 Å². The highest BCUT2D eigenvalue weighted by molar-refractivity contribution is 7.13. The molecule has 7 heterocycles. The normalized spacial score (nSPS) is 36.6. The number of ether oxygens (including phenoxy) is 5. The summed E-state index contributed by atoms with van der Waals surface area (Å²) < 4.78 is 34.3. The van der Waals surface area contributed by atoms with E-state index in [-0.39, 0.29) is 50.3 Å². The molecule has 18 heteroatoms. The summed E-state index contributed by atoms with van der Waals surface area (Å²) in [6.07, 6.45) is -0.973. The Hall–Kier alpha value is -4.27. The van der Waals surface area contributed by atoms with Gasteiger partial charge in [-0.05, 0) is 115 Å². The van der Waals surface area contributed by atoms with Crippen LogP contribution in [0.15, 0.2) is 58.3 Å². The number of carbonyl (C=O) groups is 3. The van der Waals surface area contributed by atoms with Crippen LogP contribution in [0.2, 0.25) is 0 Å². The number of nitrogens with zero attached hydrogens (tertiary/aromatic N) is 6. The van der Waals surface area contributed by atoms with E-state index in [4.69, 9.17) is 33.5 Å². The van der Waals surface area contributed by atoms with Crippen LogP contribution in [0.5, 0.6) is 0 Å². The Balaban J connectivity index is 1.22. The summed E-state index contributed by atoms with van der Waals surface area (Å²) in [5, 5.41) is 35.4. The molecule has 1 amide bonds. The zero-order chi connectivity index (χ0) is 48.4. The number of pyridine rings is 1. The first-order chi connectivity index (χ1) is 31.8. The van der Waals surface area contributed by atoms with Gasteiger partial charge in [0, 0.05) is 36.0 Å². The van der Waals surface area contributed by atoms with Crippen molar-refractivity contribution in [2.45, 2.75) is 154 Å². The molecule has 0 spiro atoms. The summed E-state index contributed by atoms with van der Waals surface area (Å²) in [6, 6.07) is 9.56. The number of aliphatic hydroxyl groups is 2. The van der Waals surface area contributed by atoms with E-state index in [1.165, 1.54) is 13.8 Å². The largest absolute Gasteiger partial charge is 0.459 e. The summed E-state index contributed by atoms with van der Waals surface area (Å²) >= 11 is 1.62. The standard InChI is InChI=1S/C49H68N6O11S/c1-11-38-49(8,60)44-29(4)40-27(2)23-48(7,43(30(5)41(56)31(6)46(59)64-38)65-47-42(57)35(54(9)10)22-28(3)63-47)62-26-33(25-61-44)53-66-36(45(58)51-40)15-12-14-32-17-18-39(50-24-32)55-20-19-34(52-55)37-16-13-21-67-37/h13,16-21,24,27-31,35-36,38,42-44,47,57,60H,11-12,14-15,22-23,25-26H2,1-10H3/b51-40?,53-33-/t27-,28-,29+,30+,31-,35+,36?,38-,42-,43-,44-,47+,48-,49-/m1/s1. The van der Waals surface area contributed by atoms with Crippen molar-refractivity contribution < 1.29 is 53.1 Å². The van der Waals surface area contributed by atoms with Gasteiger partial charge in [0.15, 0.2) is 17.9 Å². The second-order valence-corrected chi connectivity index (χ2v) is 20.4. The van der Waals surface area contributed by atoms with Gasteiger partial charge in [0.05, 0.1) is 42.0 Å². The predicted molar refractivity (Wildman–Crippen MR) is 251 cm³/mol. The number of oxime groups is 1. The van der Waals surface area contributed by atoms with Crippen molar-refractivity contribution in [1.82, 2.24) is 19.7 Å². The third kappa shape index (κ3) is 11.1. The average Bonchev–Trinajstić information content (AvgIpc) is 4.01. The molecule has 4 aliphatic heterocycles. The molecule has 366 valence electrons. The molecule has 3 saturated heterocycles. The molecular formula is C49H68N6O11S. The Bertz CT molecular complexity index is 2250. The molecule has 4 bridgehead atoms. The molecule has 2 N–H and O–H groups in total. The van der Waals surface area contributed by atoms with Gasteiger partial charge in [-0.1, -0.05) is 45.0 Å². The number of ketones is 1. The van der Waals surface area contributed by atoms with Gasteiger partial charge in [-0.3, -0.25) is 14.4 Å². The number of likely N-dealkylation sites (N-methyl/N-ethyl adjacent to an activating group) is 1. The van der Waals surface area contributed by atoms with E-state index in [1.807, 2.05) is 88.6 Å². The lowest BCUT2D eigenvalue weighted by atomic mass is 9.73. The highest BCUT2D eigenvalue weighted by Gasteiger charge is 2.53. The number of rotatable bonds is 10. The Morgan fingerprint density at radius 1 is 1.03 bits per heavy atom. The van der Waals surface area contributed by atoms with Crippen LogP contribution in [0.3, 0.4) is 0 Å². The number of hydrogen-bond donors (Lipinski definition) is 2. The maximum atomic E-state index is 14.5. The van der Waals surface area contributed by atoms with E-state index < -0.39 is 89.3 Å². The van der Waals surface area contributed by atoms with Crippen molar-refractivity contribution >= 4 is 40.4 Å². The third-order valence-corrected chi connectivity index (χ3v) is 14.9. The van der Waals surface area contributed by atoms with Crippen molar-refractivity contribution in [3.63, 3.8) is 0 Å². The first-order valence-electron chi connectivity index (χ1n) is 23.6. The van der Waals surface area contributed by atoms with E-state index in [2.05, 4.69) is 15.2 Å². The van der Waals surface area contributed by atoms with Gasteiger partial charge in [0.1, 0.15) is 35.1 Å². The second-order valence-electron chi connectivity index (χ2n) is 19.5. The number of hydrogen-bond acceptors (Lipinski definition) is 16. The average molecular weight is 949 g/mol. The molecule has 67 heavy (non-hydrogen) atoms. The smallest absolute Gasteiger partial charge is 0.316 e. The van der Waals surface area contributed by atoms with Crippen LogP contribution in [0.1, 0.15) is 93.1 Å². The van der Waals surface area contributed by atoms with E-state index in [0.717, 1.165) is 16.1 Å². The molecule has 0 radical (unpaired) electrons. The quantitative estimate of drug-likeness (QED) is 0.187. The predicted octanol–water partition coefficient (Wildman–Crippen LogP) is 5.62. The molecule has 4 aliphatic rings. The lowest BCUT2D eigenvalue weighted by molar-refractivity contribution is -0.296. The van der Waals surface area contributed by atoms with E-state index in [1.54, 1.807) is 36.1 Å². The number of aliphatic hydroxyl groups excluding tert-OH is 1. The maximum Gasteiger partial charge on any atom is 0.316 e. The van der Waals surface area contributed by atoms with Crippen LogP contribution in [0.25, 0.3) is 16.4 Å². The van der Waals surface area contributed by atoms with Crippen LogP contribution >= 0.6 is 11.3 Å². The molecule has 0 aliphatic carbocycles. The monoisotopic (exact) mass is 948 g/mol. The molecule has 3 aromatic heterocycles. The molecule has 1 unspecified atom stereocenters. The van der Waals surface area contributed by atoms with Crippen LogP contribution in [0, 0.1) is 23.7 Å². The molecule has 14 atom stereocenters. The molecule has 7 rings (SSSR count). The number of amides is 1. The number of thiophene rings is 1. The van der Waals surface area contributed by atoms with Gasteiger partial charge in [-0.2, -0.15) is 5.10 Å². The summed E-state index contributed by atoms with van der Waals surface area (Å²) in [6.45, 7) is 13.5. The third-order valence-electron chi connectivity index (χ3n) is 14.0. The van der Waals surface area contributed by atoms with Crippen molar-refractivity contribution in [1.29, 1.82) is 0 Å². The minimum atomic E-state index is -1.84. The second kappa shape index (κ2) is 21.2. The minimum absolute atomic E-state index is 0.155. The van der Waals surface area contributed by atoms with Crippen LogP contribution in [-0.4, -0.2) is 146 Å². The lowest BCUT2D eigenvalue weighted by Gasteiger charge is -2.47. The molecular weight excluding hydrogens is 881 g/mol. The topological polar surface area (TPSA) is 206 Å². The fourth-order valence-electron chi connectivity index (χ4n) is 10.2. The highest BCUT2D eigenvalue weighted by atomic mass is 32.1. The van der Waals surface area contributed by atoms with Crippen molar-refractivity contribution in [3.05, 3.63) is 53.7 Å². The Morgan fingerprint density at radius 2 is 1.81 bits per heavy atom. The first-order valence-corrected chi connectivity index (χ1v) is 24.4. The van der Waals surface area contributed by atoms with Crippen molar-refractivity contribution in [3.8, 4) is 16.4 Å². The number of carbonyl (C=O) groups excluding carboxylic acids is 3. The fraction of sp³-hybridized carbons (Fsp3) is 0.653. The van der Waals surface area contributed by atoms with Crippen LogP contribution in [-0.2, 0) is 49.3 Å². The molecule has 17 nitrogen and oxygen atoms in total. The molecule has 3 aromatic rings. The zero-order valence-electron chi connectivity index (χ0n) is 40.4. The number of aryl methyl sites for hydroxylation is 1. The number of cyclic esters (lactones) is 1. The SMILES string of the molecule is CC[C@H]1OC(=O)[C@H](C)C(=O)[C@H](C)[C@@H](O[C@@H]2O[C@H](C)C[C@H](N(C)C)[C@H]2O)[C@@]2(C)C[C@@H](C)C3=NC(=O)C(CCCc4ccc(-n5ccc(-c6cccs6)n5)nc4)O/N=C(/CO[C@H]([C@H]3C)[C@]1(C)O)CO2. The Kier molecular flexibility index (Phi) is 16.0. The van der Waals surface area contributed by atoms with E-state index >= 15 is 0 Å². The van der Waals surface area contributed by atoms with Gasteiger partial charge >= 0.3 is 5.97 Å². The number of aliphatic imine (C=N–C) groups is 1. The van der Waals surface area contributed by atoms with Gasteiger partial charge in [-0.15, -0.1) is 11.3 Å². The van der Waals surface area contributed by atoms with Crippen LogP contribution in [0.4, 0.5) is 0 Å². The molecule has 0 saturated carbocycles. The summed E-state index contributed by atoms with van der Waals surface area (Å²) in [5.74, 6) is -4.73. The van der Waals surface area contributed by atoms with Gasteiger partial charge < -0.3 is 43.6 Å². The molecule has 0 aromatic carbocycles. The number of Topliss-reactive ketones (excluding diaryl/α,β-unsaturated/α-hetero) is 1. The van der Waals surface area contributed by atoms with E-state index in [9.17, 15) is 24.6 Å². The van der Waals surface area contributed by atoms with Gasteiger partial charge in [-0.25, -0.2) is 14.7 Å². The molecule has 3 fully saturated rings. The van der Waals surface area contributed by atoms with Crippen molar-refractivity contribution in [2.75, 3.05) is 27.3 Å². The Labute approximate surface area is 397 Å². The maximum absolute atomic E-state index is 14.5. The fourth-order valence-corrected chi connectivity index (χ4v) is 10.9. The number of esters is 1. The Morgan fingerprint density at radius 3 is 2.49 bits per heavy atom. The first kappa shape index (κ1) is 50.6. The number of fused-ring (bicyclic) bond motifs is 4. The highest BCUT2D eigenvalue weighted by Crippen LogP contribution is 2.40. The van der Waals surface area contributed by atoms with Crippen molar-refractivity contribution in [2.24, 2.45) is 33.8 Å².